The van der Waals surface area contributed by atoms with E-state index in [0.717, 1.165) is 6.20 Å². The summed E-state index contributed by atoms with van der Waals surface area (Å²) in [5, 5.41) is 24.8. The third kappa shape index (κ3) is 2.07. The van der Waals surface area contributed by atoms with Crippen molar-refractivity contribution in [2.24, 2.45) is 0 Å². The fraction of sp³-hybridized carbons (Fsp3) is 0.143. The van der Waals surface area contributed by atoms with Gasteiger partial charge in [-0.1, -0.05) is 0 Å². The molecule has 1 rings (SSSR count). The number of rotatable bonds is 3. The molecular formula is C7H6N4O3. The Bertz CT molecular complexity index is 403. The largest absolute Gasteiger partial charge is 0.477 e. The quantitative estimate of drug-likeness (QED) is 0.623. The number of carbonyl (C=O) groups excluding carboxylic acids is 1. The number of amides is 1. The molecule has 0 aliphatic rings. The van der Waals surface area contributed by atoms with Crippen molar-refractivity contribution in [1.82, 2.24) is 10.2 Å². The molecule has 0 radical (unpaired) electrons. The van der Waals surface area contributed by atoms with E-state index in [1.165, 1.54) is 0 Å². The summed E-state index contributed by atoms with van der Waals surface area (Å²) in [6, 6.07) is 1.63. The number of carboxylic acid groups (broad SMARTS) is 1. The van der Waals surface area contributed by atoms with Crippen LogP contribution in [0, 0.1) is 11.3 Å². The van der Waals surface area contributed by atoms with Crippen LogP contribution in [0.5, 0.6) is 0 Å². The maximum atomic E-state index is 10.9. The predicted octanol–water partition coefficient (Wildman–Crippen LogP) is -0.0399. The van der Waals surface area contributed by atoms with E-state index in [1.54, 1.807) is 6.07 Å². The maximum absolute atomic E-state index is 10.9. The summed E-state index contributed by atoms with van der Waals surface area (Å²) in [6.45, 7) is 0. The van der Waals surface area contributed by atoms with Gasteiger partial charge >= 0.3 is 5.97 Å². The van der Waals surface area contributed by atoms with Crippen LogP contribution in [0.15, 0.2) is 6.20 Å². The summed E-state index contributed by atoms with van der Waals surface area (Å²) < 4.78 is 0. The summed E-state index contributed by atoms with van der Waals surface area (Å²) in [5.74, 6) is -1.80. The van der Waals surface area contributed by atoms with E-state index >= 15 is 0 Å². The van der Waals surface area contributed by atoms with Gasteiger partial charge in [0.15, 0.2) is 0 Å². The van der Waals surface area contributed by atoms with Gasteiger partial charge in [-0.3, -0.25) is 9.89 Å². The summed E-state index contributed by atoms with van der Waals surface area (Å²) in [7, 11) is 0. The Morgan fingerprint density at radius 1 is 1.71 bits per heavy atom. The first-order chi connectivity index (χ1) is 6.65. The van der Waals surface area contributed by atoms with Gasteiger partial charge in [0.25, 0.3) is 0 Å². The van der Waals surface area contributed by atoms with Crippen molar-refractivity contribution in [3.63, 3.8) is 0 Å². The highest BCUT2D eigenvalue weighted by atomic mass is 16.4. The van der Waals surface area contributed by atoms with Gasteiger partial charge < -0.3 is 10.4 Å². The van der Waals surface area contributed by atoms with Gasteiger partial charge in [-0.2, -0.15) is 10.4 Å². The van der Waals surface area contributed by atoms with E-state index in [9.17, 15) is 9.59 Å². The molecule has 0 unspecified atom stereocenters. The molecular weight excluding hydrogens is 188 g/mol. The molecule has 1 aromatic heterocycles. The monoisotopic (exact) mass is 194 g/mol. The average molecular weight is 194 g/mol. The predicted molar refractivity (Wildman–Crippen MR) is 44.4 cm³/mol. The zero-order valence-corrected chi connectivity index (χ0v) is 6.94. The van der Waals surface area contributed by atoms with Crippen LogP contribution in [0.1, 0.15) is 16.8 Å². The van der Waals surface area contributed by atoms with Crippen molar-refractivity contribution in [1.29, 1.82) is 5.26 Å². The summed E-state index contributed by atoms with van der Waals surface area (Å²) in [4.78, 5) is 21.5. The number of carboxylic acids is 1. The summed E-state index contributed by atoms with van der Waals surface area (Å²) in [6.07, 6.45) is 0.738. The van der Waals surface area contributed by atoms with E-state index in [0.29, 0.717) is 0 Å². The van der Waals surface area contributed by atoms with E-state index in [1.807, 2.05) is 0 Å². The minimum Gasteiger partial charge on any atom is -0.477 e. The normalized spacial score (nSPS) is 9.07. The van der Waals surface area contributed by atoms with Gasteiger partial charge in [-0.15, -0.1) is 0 Å². The number of anilines is 1. The Morgan fingerprint density at radius 2 is 2.43 bits per heavy atom. The van der Waals surface area contributed by atoms with Crippen molar-refractivity contribution in [2.75, 3.05) is 5.32 Å². The molecule has 0 atom stereocenters. The van der Waals surface area contributed by atoms with Gasteiger partial charge in [-0.25, -0.2) is 4.79 Å². The second-order valence-corrected chi connectivity index (χ2v) is 2.35. The topological polar surface area (TPSA) is 119 Å². The number of nitrogens with one attached hydrogen (secondary N) is 2. The minimum absolute atomic E-state index is 0.0160. The van der Waals surface area contributed by atoms with Gasteiger partial charge in [0.1, 0.15) is 17.8 Å². The number of carbonyl (C=O) groups is 2. The molecule has 3 N–H and O–H groups in total. The highest BCUT2D eigenvalue weighted by Crippen LogP contribution is 2.10. The molecule has 1 aromatic rings. The molecule has 0 fully saturated rings. The van der Waals surface area contributed by atoms with Gasteiger partial charge in [0.2, 0.25) is 5.91 Å². The Balaban J connectivity index is 2.77. The first kappa shape index (κ1) is 9.73. The molecule has 0 bridgehead atoms. The summed E-state index contributed by atoms with van der Waals surface area (Å²) in [5.41, 5.74) is -0.142. The van der Waals surface area contributed by atoms with Gasteiger partial charge in [0, 0.05) is 0 Å². The minimum atomic E-state index is -1.20. The first-order valence-electron chi connectivity index (χ1n) is 3.58. The van der Waals surface area contributed by atoms with E-state index in [2.05, 4.69) is 15.5 Å². The molecule has 72 valence electrons. The lowest BCUT2D eigenvalue weighted by molar-refractivity contribution is -0.115. The van der Waals surface area contributed by atoms with Crippen molar-refractivity contribution >= 4 is 17.7 Å². The molecule has 0 aromatic carbocycles. The van der Waals surface area contributed by atoms with Crippen molar-refractivity contribution < 1.29 is 14.7 Å². The number of hydrogen-bond donors (Lipinski definition) is 3. The van der Waals surface area contributed by atoms with Crippen molar-refractivity contribution in [3.05, 3.63) is 11.8 Å². The zero-order chi connectivity index (χ0) is 10.6. The smallest absolute Gasteiger partial charge is 0.341 e. The number of nitrogens with zero attached hydrogens (tertiary/aromatic N) is 2. The van der Waals surface area contributed by atoms with Crippen LogP contribution in [0.3, 0.4) is 0 Å². The van der Waals surface area contributed by atoms with Crippen LogP contribution >= 0.6 is 0 Å². The van der Waals surface area contributed by atoms with Crippen LogP contribution < -0.4 is 5.32 Å². The van der Waals surface area contributed by atoms with E-state index in [-0.39, 0.29) is 17.8 Å². The Hall–Kier alpha value is -2.36. The Kier molecular flexibility index (Phi) is 2.81. The van der Waals surface area contributed by atoms with Gasteiger partial charge in [-0.05, 0) is 0 Å². The second-order valence-electron chi connectivity index (χ2n) is 2.35. The van der Waals surface area contributed by atoms with Crippen LogP contribution in [-0.2, 0) is 4.79 Å². The average Bonchev–Trinajstić information content (AvgIpc) is 2.52. The number of aromatic nitrogens is 2. The third-order valence-corrected chi connectivity index (χ3v) is 1.37. The Labute approximate surface area is 78.3 Å². The molecule has 0 aliphatic carbocycles. The molecule has 1 amide bonds. The van der Waals surface area contributed by atoms with E-state index in [4.69, 9.17) is 10.4 Å². The van der Waals surface area contributed by atoms with Gasteiger partial charge in [0.05, 0.1) is 12.3 Å². The molecule has 7 nitrogen and oxygen atoms in total. The zero-order valence-electron chi connectivity index (χ0n) is 6.94. The molecule has 0 aliphatic heterocycles. The van der Waals surface area contributed by atoms with Crippen LogP contribution in [0.2, 0.25) is 0 Å². The standard InChI is InChI=1S/C7H6N4O3/c8-2-1-5(12)10-6-4(7(13)14)3-9-11-6/h3H,1H2,(H,13,14)(H2,9,10,11,12). The number of aromatic amines is 1. The fourth-order valence-electron chi connectivity index (χ4n) is 0.799. The lowest BCUT2D eigenvalue weighted by atomic mass is 10.3. The van der Waals surface area contributed by atoms with E-state index < -0.39 is 11.9 Å². The molecule has 0 saturated heterocycles. The van der Waals surface area contributed by atoms with Crippen LogP contribution in [0.4, 0.5) is 5.82 Å². The van der Waals surface area contributed by atoms with Crippen LogP contribution in [0.25, 0.3) is 0 Å². The first-order valence-corrected chi connectivity index (χ1v) is 3.58. The number of nitriles is 1. The molecule has 1 heterocycles. The van der Waals surface area contributed by atoms with Crippen molar-refractivity contribution in [2.45, 2.75) is 6.42 Å². The Morgan fingerprint density at radius 3 is 3.00 bits per heavy atom. The SMILES string of the molecule is N#CCC(=O)Nc1[nH]ncc1C(=O)O. The summed E-state index contributed by atoms with van der Waals surface area (Å²) >= 11 is 0. The van der Waals surface area contributed by atoms with Crippen molar-refractivity contribution in [3.8, 4) is 6.07 Å². The fourth-order valence-corrected chi connectivity index (χ4v) is 0.799. The highest BCUT2D eigenvalue weighted by molar-refractivity contribution is 5.99. The molecule has 0 spiro atoms. The lowest BCUT2D eigenvalue weighted by Gasteiger charge is -1.99. The highest BCUT2D eigenvalue weighted by Gasteiger charge is 2.13. The van der Waals surface area contributed by atoms with Crippen LogP contribution in [-0.4, -0.2) is 27.2 Å². The molecule has 7 heteroatoms. The number of aromatic carboxylic acids is 1. The number of hydrogen-bond acceptors (Lipinski definition) is 4. The lowest BCUT2D eigenvalue weighted by Crippen LogP contribution is -2.13. The molecule has 0 saturated carbocycles. The maximum Gasteiger partial charge on any atom is 0.341 e. The third-order valence-electron chi connectivity index (χ3n) is 1.37. The second kappa shape index (κ2) is 4.04. The molecule has 14 heavy (non-hydrogen) atoms. The number of H-pyrrole nitrogens is 1.